The lowest BCUT2D eigenvalue weighted by Crippen LogP contribution is -2.40. The molecule has 0 aromatic carbocycles. The van der Waals surface area contributed by atoms with Gasteiger partial charge < -0.3 is 4.12 Å². The van der Waals surface area contributed by atoms with Gasteiger partial charge in [0.15, 0.2) is 8.32 Å². The molecule has 0 aromatic heterocycles. The summed E-state index contributed by atoms with van der Waals surface area (Å²) < 4.78 is 114. The fraction of sp³-hybridized carbons (Fsp3) is 1.00. The second-order valence-electron chi connectivity index (χ2n) is 4.63. The van der Waals surface area contributed by atoms with Gasteiger partial charge in [-0.3, -0.25) is 0 Å². The highest BCUT2D eigenvalue weighted by atomic mass is 28.4. The maximum absolute atomic E-state index is 12.2. The monoisotopic (exact) mass is 363 g/mol. The van der Waals surface area contributed by atoms with Crippen LogP contribution in [0.2, 0.25) is 18.1 Å². The Bertz CT molecular complexity index is 264. The molecule has 12 heteroatoms. The molecule has 0 aromatic rings. The zero-order valence-electron chi connectivity index (χ0n) is 10.6. The molecular formula is C9H12F9OSi2. The van der Waals surface area contributed by atoms with E-state index in [1.807, 2.05) is 0 Å². The molecule has 0 rings (SSSR count). The first-order valence-corrected chi connectivity index (χ1v) is 8.67. The molecule has 0 spiro atoms. The predicted molar refractivity (Wildman–Crippen MR) is 59.0 cm³/mol. The zero-order valence-corrected chi connectivity index (χ0v) is 12.6. The fourth-order valence-corrected chi connectivity index (χ4v) is 5.83. The summed E-state index contributed by atoms with van der Waals surface area (Å²) in [5.41, 5.74) is 0. The smallest absolute Gasteiger partial charge is 0.388 e. The molecule has 21 heavy (non-hydrogen) atoms. The number of hydrogen-bond acceptors (Lipinski definition) is 1. The number of alkyl halides is 9. The minimum atomic E-state index is -4.67. The number of hydrogen-bond donors (Lipinski definition) is 0. The average molecular weight is 363 g/mol. The number of rotatable bonds is 7. The second-order valence-corrected chi connectivity index (χ2v) is 9.31. The van der Waals surface area contributed by atoms with Crippen LogP contribution >= 0.6 is 0 Å². The topological polar surface area (TPSA) is 9.23 Å². The highest BCUT2D eigenvalue weighted by molar-refractivity contribution is 6.76. The van der Waals surface area contributed by atoms with Crippen LogP contribution in [-0.2, 0) is 4.12 Å². The molecule has 0 heterocycles. The van der Waals surface area contributed by atoms with Gasteiger partial charge in [-0.1, -0.05) is 0 Å². The van der Waals surface area contributed by atoms with E-state index in [0.717, 1.165) is 0 Å². The van der Waals surface area contributed by atoms with E-state index >= 15 is 0 Å². The van der Waals surface area contributed by atoms with Gasteiger partial charge in [-0.2, -0.15) is 39.5 Å². The minimum Gasteiger partial charge on any atom is -0.456 e. The zero-order chi connectivity index (χ0) is 16.9. The molecule has 0 saturated carbocycles. The molecule has 0 aliphatic rings. The highest BCUT2D eigenvalue weighted by Crippen LogP contribution is 2.37. The Kier molecular flexibility index (Phi) is 7.27. The summed E-state index contributed by atoms with van der Waals surface area (Å²) >= 11 is 0. The fourth-order valence-electron chi connectivity index (χ4n) is 1.64. The lowest BCUT2D eigenvalue weighted by atomic mass is 10.5. The van der Waals surface area contributed by atoms with Crippen LogP contribution < -0.4 is 0 Å². The largest absolute Gasteiger partial charge is 0.456 e. The Balaban J connectivity index is 4.91. The first-order valence-electron chi connectivity index (χ1n) is 5.73. The Morgan fingerprint density at radius 2 is 0.857 bits per heavy atom. The first kappa shape index (κ1) is 20.8. The molecule has 3 radical (unpaired) electrons. The van der Waals surface area contributed by atoms with Crippen molar-refractivity contribution in [2.45, 2.75) is 55.9 Å². The van der Waals surface area contributed by atoms with Crippen molar-refractivity contribution in [1.82, 2.24) is 0 Å². The van der Waals surface area contributed by atoms with Crippen molar-refractivity contribution in [3.8, 4) is 0 Å². The third-order valence-corrected chi connectivity index (χ3v) is 8.02. The molecular weight excluding hydrogens is 351 g/mol. The molecule has 0 fully saturated rings. The van der Waals surface area contributed by atoms with Crippen molar-refractivity contribution in [2.75, 3.05) is 0 Å². The molecule has 0 aliphatic carbocycles. The van der Waals surface area contributed by atoms with Gasteiger partial charge in [-0.05, 0) is 18.1 Å². The van der Waals surface area contributed by atoms with E-state index in [4.69, 9.17) is 0 Å². The maximum Gasteiger partial charge on any atom is 0.388 e. The molecule has 0 amide bonds. The van der Waals surface area contributed by atoms with Crippen molar-refractivity contribution in [1.29, 1.82) is 0 Å². The van der Waals surface area contributed by atoms with Crippen LogP contribution in [0.5, 0.6) is 0 Å². The normalized spacial score (nSPS) is 14.6. The van der Waals surface area contributed by atoms with Gasteiger partial charge >= 0.3 is 18.5 Å². The highest BCUT2D eigenvalue weighted by Gasteiger charge is 2.44. The van der Waals surface area contributed by atoms with Gasteiger partial charge in [0, 0.05) is 19.3 Å². The van der Waals surface area contributed by atoms with Crippen molar-refractivity contribution >= 4 is 18.8 Å². The summed E-state index contributed by atoms with van der Waals surface area (Å²) in [6, 6.07) is -2.57. The van der Waals surface area contributed by atoms with Crippen LogP contribution in [0.4, 0.5) is 39.5 Å². The van der Waals surface area contributed by atoms with E-state index in [1.54, 1.807) is 0 Å². The van der Waals surface area contributed by atoms with E-state index in [9.17, 15) is 39.5 Å². The Labute approximate surface area is 119 Å². The van der Waals surface area contributed by atoms with Crippen molar-refractivity contribution in [2.24, 2.45) is 0 Å². The molecule has 0 N–H and O–H groups in total. The van der Waals surface area contributed by atoms with Crippen LogP contribution in [0.15, 0.2) is 0 Å². The number of halogens is 9. The average Bonchev–Trinajstić information content (AvgIpc) is 2.25. The molecule has 0 saturated heterocycles. The van der Waals surface area contributed by atoms with Gasteiger partial charge in [0.25, 0.3) is 0 Å². The molecule has 0 atom stereocenters. The summed E-state index contributed by atoms with van der Waals surface area (Å²) in [6.45, 7) is 0. The van der Waals surface area contributed by atoms with Gasteiger partial charge in [-0.15, -0.1) is 0 Å². The van der Waals surface area contributed by atoms with Crippen LogP contribution in [0.25, 0.3) is 0 Å². The summed E-state index contributed by atoms with van der Waals surface area (Å²) in [6.07, 6.45) is -18.4. The Morgan fingerprint density at radius 3 is 1.00 bits per heavy atom. The molecule has 125 valence electrons. The summed E-state index contributed by atoms with van der Waals surface area (Å²) in [7, 11) is -1.46. The van der Waals surface area contributed by atoms with E-state index in [-0.39, 0.29) is 0 Å². The lowest BCUT2D eigenvalue weighted by molar-refractivity contribution is -0.133. The third-order valence-electron chi connectivity index (χ3n) is 2.81. The van der Waals surface area contributed by atoms with Gasteiger partial charge in [0.1, 0.15) is 0 Å². The van der Waals surface area contributed by atoms with Crippen LogP contribution in [0.3, 0.4) is 0 Å². The standard InChI is InChI=1S/C9H12F9OSi2/c10-7(11,12)1-4-21(19-20,5-2-8(13,14)15)6-3-9(16,17)18/h1-6H2. The van der Waals surface area contributed by atoms with Gasteiger partial charge in [0.2, 0.25) is 10.5 Å². The molecule has 0 aliphatic heterocycles. The first-order chi connectivity index (χ1) is 9.18. The van der Waals surface area contributed by atoms with Crippen LogP contribution in [0, 0.1) is 0 Å². The Morgan fingerprint density at radius 1 is 0.619 bits per heavy atom. The van der Waals surface area contributed by atoms with Crippen molar-refractivity contribution in [3.63, 3.8) is 0 Å². The quantitative estimate of drug-likeness (QED) is 0.462. The predicted octanol–water partition coefficient (Wildman–Crippen LogP) is 4.89. The molecule has 0 unspecified atom stereocenters. The lowest BCUT2D eigenvalue weighted by Gasteiger charge is -2.31. The van der Waals surface area contributed by atoms with Gasteiger partial charge in [0.05, 0.1) is 0 Å². The Hall–Kier alpha value is -0.236. The van der Waals surface area contributed by atoms with Crippen LogP contribution in [0.1, 0.15) is 19.3 Å². The van der Waals surface area contributed by atoms with E-state index in [2.05, 4.69) is 14.6 Å². The van der Waals surface area contributed by atoms with E-state index < -0.39 is 64.2 Å². The van der Waals surface area contributed by atoms with Crippen molar-refractivity contribution in [3.05, 3.63) is 0 Å². The summed E-state index contributed by atoms with van der Waals surface area (Å²) in [5.74, 6) is 0. The van der Waals surface area contributed by atoms with Gasteiger partial charge in [-0.25, -0.2) is 0 Å². The SMILES string of the molecule is FC(F)(F)CC[Si](CCC(F)(F)F)(CCC(F)(F)F)O[Si]. The maximum atomic E-state index is 12.2. The molecule has 0 bridgehead atoms. The minimum absolute atomic E-state index is 0.855. The van der Waals surface area contributed by atoms with Crippen molar-refractivity contribution < 1.29 is 43.6 Å². The third kappa shape index (κ3) is 11.0. The summed E-state index contributed by atoms with van der Waals surface area (Å²) in [4.78, 5) is 0. The van der Waals surface area contributed by atoms with E-state index in [1.165, 1.54) is 0 Å². The summed E-state index contributed by atoms with van der Waals surface area (Å²) in [5, 5.41) is 0. The molecule has 1 nitrogen and oxygen atoms in total. The second kappa shape index (κ2) is 7.35. The van der Waals surface area contributed by atoms with Crippen LogP contribution in [-0.4, -0.2) is 37.3 Å². The van der Waals surface area contributed by atoms with E-state index in [0.29, 0.717) is 0 Å².